The monoisotopic (exact) mass is 286 g/mol. The van der Waals surface area contributed by atoms with Crippen LogP contribution >= 0.6 is 11.3 Å². The number of nitrogen functional groups attached to an aromatic ring is 1. The van der Waals surface area contributed by atoms with E-state index in [4.69, 9.17) is 5.73 Å². The second-order valence-corrected chi connectivity index (χ2v) is 6.08. The molecule has 1 aliphatic heterocycles. The van der Waals surface area contributed by atoms with Gasteiger partial charge in [-0.1, -0.05) is 11.6 Å². The van der Waals surface area contributed by atoms with E-state index in [2.05, 4.69) is 16.8 Å². The number of carbonyl (C=O) groups is 1. The van der Waals surface area contributed by atoms with Crippen LogP contribution in [0.3, 0.4) is 0 Å². The van der Waals surface area contributed by atoms with E-state index in [0.717, 1.165) is 24.9 Å². The number of likely N-dealkylation sites (tertiary alicyclic amines) is 1. The third-order valence-corrected chi connectivity index (χ3v) is 4.58. The smallest absolute Gasteiger partial charge is 0.256 e. The number of aryl methyl sites for hydroxylation is 1. The Hall–Kier alpha value is -1.81. The zero-order valence-corrected chi connectivity index (χ0v) is 12.3. The quantitative estimate of drug-likeness (QED) is 0.857. The van der Waals surface area contributed by atoms with E-state index in [-0.39, 0.29) is 11.9 Å². The zero-order chi connectivity index (χ0) is 14.1. The number of anilines is 1. The molecule has 3 rings (SSSR count). The lowest BCUT2D eigenvalue weighted by molar-refractivity contribution is 0.0737. The van der Waals surface area contributed by atoms with Gasteiger partial charge in [0, 0.05) is 12.2 Å². The fourth-order valence-electron chi connectivity index (χ4n) is 2.83. The molecule has 1 atom stereocenters. The summed E-state index contributed by atoms with van der Waals surface area (Å²) in [6.07, 6.45) is 2.09. The summed E-state index contributed by atoms with van der Waals surface area (Å²) >= 11 is 1.68. The van der Waals surface area contributed by atoms with Crippen molar-refractivity contribution in [2.45, 2.75) is 25.8 Å². The van der Waals surface area contributed by atoms with Gasteiger partial charge >= 0.3 is 0 Å². The first-order chi connectivity index (χ1) is 9.66. The van der Waals surface area contributed by atoms with Crippen molar-refractivity contribution in [3.63, 3.8) is 0 Å². The molecule has 2 heterocycles. The van der Waals surface area contributed by atoms with Gasteiger partial charge in [-0.25, -0.2) is 0 Å². The van der Waals surface area contributed by atoms with Gasteiger partial charge in [0.15, 0.2) is 0 Å². The largest absolute Gasteiger partial charge is 0.398 e. The number of nitrogens with zero attached hydrogens (tertiary/aromatic N) is 1. The van der Waals surface area contributed by atoms with Crippen LogP contribution in [0.1, 0.15) is 40.4 Å². The number of carbonyl (C=O) groups excluding carboxylic acids is 1. The Bertz CT molecular complexity index is 621. The molecule has 1 fully saturated rings. The number of rotatable bonds is 2. The minimum atomic E-state index is 0.0555. The first-order valence-electron chi connectivity index (χ1n) is 6.86. The number of nitrogens with two attached hydrogens (primary N) is 1. The highest BCUT2D eigenvalue weighted by molar-refractivity contribution is 7.07. The molecule has 4 heteroatoms. The molecule has 2 N–H and O–H groups in total. The molecule has 3 nitrogen and oxygen atoms in total. The molecule has 0 aliphatic carbocycles. The summed E-state index contributed by atoms with van der Waals surface area (Å²) in [5.74, 6) is 0.0555. The van der Waals surface area contributed by atoms with Crippen LogP contribution in [0.5, 0.6) is 0 Å². The molecular formula is C16H18N2OS. The summed E-state index contributed by atoms with van der Waals surface area (Å²) in [4.78, 5) is 14.7. The van der Waals surface area contributed by atoms with Gasteiger partial charge in [-0.3, -0.25) is 4.79 Å². The molecule has 1 unspecified atom stereocenters. The molecule has 0 radical (unpaired) electrons. The molecule has 2 aromatic rings. The summed E-state index contributed by atoms with van der Waals surface area (Å²) in [6.45, 7) is 2.79. The summed E-state index contributed by atoms with van der Waals surface area (Å²) in [7, 11) is 0. The molecule has 1 amide bonds. The van der Waals surface area contributed by atoms with Crippen LogP contribution in [-0.4, -0.2) is 17.4 Å². The Morgan fingerprint density at radius 3 is 3.00 bits per heavy atom. The molecular weight excluding hydrogens is 268 g/mol. The Kier molecular flexibility index (Phi) is 3.49. The normalized spacial score (nSPS) is 18.4. The predicted octanol–water partition coefficient (Wildman–Crippen LogP) is 3.62. The van der Waals surface area contributed by atoms with Crippen molar-refractivity contribution < 1.29 is 4.79 Å². The van der Waals surface area contributed by atoms with E-state index in [0.29, 0.717) is 11.3 Å². The maximum absolute atomic E-state index is 12.8. The SMILES string of the molecule is Cc1ccc(N)c(C(=O)N2CCCC2c2ccsc2)c1. The molecule has 20 heavy (non-hydrogen) atoms. The maximum atomic E-state index is 12.8. The third kappa shape index (κ3) is 2.31. The first-order valence-corrected chi connectivity index (χ1v) is 7.80. The minimum absolute atomic E-state index is 0.0555. The number of amides is 1. The number of thiophene rings is 1. The van der Waals surface area contributed by atoms with Gasteiger partial charge < -0.3 is 10.6 Å². The van der Waals surface area contributed by atoms with Crippen molar-refractivity contribution in [1.82, 2.24) is 4.90 Å². The Morgan fingerprint density at radius 2 is 2.25 bits per heavy atom. The summed E-state index contributed by atoms with van der Waals surface area (Å²) < 4.78 is 0. The van der Waals surface area contributed by atoms with Crippen LogP contribution in [0.25, 0.3) is 0 Å². The fourth-order valence-corrected chi connectivity index (χ4v) is 3.54. The minimum Gasteiger partial charge on any atom is -0.398 e. The molecule has 0 spiro atoms. The molecule has 1 aromatic carbocycles. The van der Waals surface area contributed by atoms with Gasteiger partial charge in [0.2, 0.25) is 0 Å². The van der Waals surface area contributed by atoms with E-state index in [1.54, 1.807) is 11.3 Å². The number of hydrogen-bond acceptors (Lipinski definition) is 3. The van der Waals surface area contributed by atoms with E-state index in [1.165, 1.54) is 5.56 Å². The van der Waals surface area contributed by atoms with E-state index < -0.39 is 0 Å². The van der Waals surface area contributed by atoms with Crippen molar-refractivity contribution in [2.75, 3.05) is 12.3 Å². The molecule has 0 saturated carbocycles. The highest BCUT2D eigenvalue weighted by atomic mass is 32.1. The van der Waals surface area contributed by atoms with Crippen LogP contribution in [0.2, 0.25) is 0 Å². The number of hydrogen-bond donors (Lipinski definition) is 1. The van der Waals surface area contributed by atoms with Gasteiger partial charge in [-0.2, -0.15) is 11.3 Å². The third-order valence-electron chi connectivity index (χ3n) is 3.88. The van der Waals surface area contributed by atoms with Gasteiger partial charge in [0.1, 0.15) is 0 Å². The van der Waals surface area contributed by atoms with Gasteiger partial charge in [0.25, 0.3) is 5.91 Å². The summed E-state index contributed by atoms with van der Waals surface area (Å²) in [6, 6.07) is 7.96. The average molecular weight is 286 g/mol. The topological polar surface area (TPSA) is 46.3 Å². The van der Waals surface area contributed by atoms with Gasteiger partial charge in [-0.15, -0.1) is 0 Å². The molecule has 1 saturated heterocycles. The van der Waals surface area contributed by atoms with Crippen LogP contribution in [0.15, 0.2) is 35.0 Å². The molecule has 1 aromatic heterocycles. The maximum Gasteiger partial charge on any atom is 0.256 e. The van der Waals surface area contributed by atoms with Crippen molar-refractivity contribution in [2.24, 2.45) is 0 Å². The lowest BCUT2D eigenvalue weighted by atomic mass is 10.1. The lowest BCUT2D eigenvalue weighted by Gasteiger charge is -2.25. The highest BCUT2D eigenvalue weighted by Crippen LogP contribution is 2.34. The first kappa shape index (κ1) is 13.2. The van der Waals surface area contributed by atoms with Gasteiger partial charge in [-0.05, 0) is 54.3 Å². The van der Waals surface area contributed by atoms with Crippen molar-refractivity contribution >= 4 is 22.9 Å². The summed E-state index contributed by atoms with van der Waals surface area (Å²) in [5.41, 5.74) is 9.48. The van der Waals surface area contributed by atoms with E-state index >= 15 is 0 Å². The van der Waals surface area contributed by atoms with Crippen molar-refractivity contribution in [3.8, 4) is 0 Å². The Morgan fingerprint density at radius 1 is 1.40 bits per heavy atom. The molecule has 1 aliphatic rings. The Balaban J connectivity index is 1.91. The van der Waals surface area contributed by atoms with Crippen molar-refractivity contribution in [3.05, 3.63) is 51.7 Å². The van der Waals surface area contributed by atoms with Gasteiger partial charge in [0.05, 0.1) is 11.6 Å². The van der Waals surface area contributed by atoms with Crippen LogP contribution in [0.4, 0.5) is 5.69 Å². The predicted molar refractivity (Wildman–Crippen MR) is 82.9 cm³/mol. The Labute approximate surface area is 123 Å². The highest BCUT2D eigenvalue weighted by Gasteiger charge is 2.31. The number of benzene rings is 1. The second kappa shape index (κ2) is 5.29. The summed E-state index contributed by atoms with van der Waals surface area (Å²) in [5, 5.41) is 4.20. The zero-order valence-electron chi connectivity index (χ0n) is 11.5. The lowest BCUT2D eigenvalue weighted by Crippen LogP contribution is -2.31. The van der Waals surface area contributed by atoms with Crippen LogP contribution in [-0.2, 0) is 0 Å². The standard InChI is InChI=1S/C16H18N2OS/c1-11-4-5-14(17)13(9-11)16(19)18-7-2-3-15(18)12-6-8-20-10-12/h4-6,8-10,15H,2-3,7,17H2,1H3. The van der Waals surface area contributed by atoms with Crippen LogP contribution in [0, 0.1) is 6.92 Å². The average Bonchev–Trinajstić information content (AvgIpc) is 3.10. The van der Waals surface area contributed by atoms with E-state index in [1.807, 2.05) is 30.0 Å². The van der Waals surface area contributed by atoms with Crippen molar-refractivity contribution in [1.29, 1.82) is 0 Å². The van der Waals surface area contributed by atoms with Crippen LogP contribution < -0.4 is 5.73 Å². The van der Waals surface area contributed by atoms with E-state index in [9.17, 15) is 4.79 Å². The second-order valence-electron chi connectivity index (χ2n) is 5.30. The molecule has 0 bridgehead atoms. The fraction of sp³-hybridized carbons (Fsp3) is 0.312. The molecule has 104 valence electrons.